The molecule has 0 fully saturated rings. The predicted octanol–water partition coefficient (Wildman–Crippen LogP) is 2.33. The lowest BCUT2D eigenvalue weighted by atomic mass is 10.1. The summed E-state index contributed by atoms with van der Waals surface area (Å²) in [5, 5.41) is 0. The monoisotopic (exact) mass is 204 g/mol. The molecule has 0 atom stereocenters. The lowest BCUT2D eigenvalue weighted by molar-refractivity contribution is 0.551. The summed E-state index contributed by atoms with van der Waals surface area (Å²) in [6, 6.07) is 0. The molecule has 0 unspecified atom stereocenters. The Kier molecular flexibility index (Phi) is 2.94. The minimum absolute atomic E-state index is 0.719. The van der Waals surface area contributed by atoms with Gasteiger partial charge < -0.3 is 4.98 Å². The zero-order valence-electron chi connectivity index (χ0n) is 9.20. The van der Waals surface area contributed by atoms with E-state index >= 15 is 0 Å². The van der Waals surface area contributed by atoms with Crippen LogP contribution in [-0.4, -0.2) is 19.9 Å². The highest BCUT2D eigenvalue weighted by atomic mass is 15.0. The first kappa shape index (κ1) is 10.1. The van der Waals surface area contributed by atoms with Gasteiger partial charge in [0.2, 0.25) is 0 Å². The summed E-state index contributed by atoms with van der Waals surface area (Å²) in [6.45, 7) is 4.48. The molecule has 0 saturated heterocycles. The van der Waals surface area contributed by atoms with E-state index in [0.717, 1.165) is 35.9 Å². The van der Waals surface area contributed by atoms with Crippen LogP contribution in [0.4, 0.5) is 0 Å². The quantitative estimate of drug-likeness (QED) is 0.831. The first-order valence-corrected chi connectivity index (χ1v) is 5.41. The van der Waals surface area contributed by atoms with Crippen molar-refractivity contribution in [3.63, 3.8) is 0 Å². The van der Waals surface area contributed by atoms with Gasteiger partial charge in [-0.25, -0.2) is 15.0 Å². The number of fused-ring (bicyclic) bond motifs is 1. The maximum absolute atomic E-state index is 4.38. The maximum Gasteiger partial charge on any atom is 0.197 e. The van der Waals surface area contributed by atoms with Crippen LogP contribution < -0.4 is 0 Å². The Morgan fingerprint density at radius 2 is 2.07 bits per heavy atom. The van der Waals surface area contributed by atoms with E-state index in [1.807, 2.05) is 0 Å². The lowest BCUT2D eigenvalue weighted by Crippen LogP contribution is -1.92. The second-order valence-corrected chi connectivity index (χ2v) is 4.20. The van der Waals surface area contributed by atoms with Gasteiger partial charge in [-0.05, 0) is 12.3 Å². The molecule has 2 aromatic rings. The molecule has 15 heavy (non-hydrogen) atoms. The van der Waals surface area contributed by atoms with E-state index in [9.17, 15) is 0 Å². The highest BCUT2D eigenvalue weighted by Gasteiger charge is 2.04. The van der Waals surface area contributed by atoms with Crippen LogP contribution in [0.3, 0.4) is 0 Å². The normalized spacial score (nSPS) is 11.4. The molecule has 0 saturated carbocycles. The van der Waals surface area contributed by atoms with Gasteiger partial charge in [0.1, 0.15) is 5.82 Å². The van der Waals surface area contributed by atoms with Crippen molar-refractivity contribution >= 4 is 11.3 Å². The molecule has 2 heterocycles. The van der Waals surface area contributed by atoms with Crippen LogP contribution in [0.5, 0.6) is 0 Å². The molecule has 0 amide bonds. The molecule has 0 aliphatic heterocycles. The molecule has 0 radical (unpaired) electrons. The number of rotatable bonds is 4. The molecule has 0 aromatic carbocycles. The Morgan fingerprint density at radius 1 is 1.27 bits per heavy atom. The number of nitrogens with zero attached hydrogens (tertiary/aromatic N) is 3. The van der Waals surface area contributed by atoms with Gasteiger partial charge in [0, 0.05) is 18.8 Å². The smallest absolute Gasteiger partial charge is 0.197 e. The van der Waals surface area contributed by atoms with Crippen LogP contribution in [0.1, 0.15) is 32.5 Å². The van der Waals surface area contributed by atoms with E-state index in [1.54, 1.807) is 12.4 Å². The number of hydrogen-bond acceptors (Lipinski definition) is 3. The second kappa shape index (κ2) is 4.38. The molecule has 2 aromatic heterocycles. The third-order valence-electron chi connectivity index (χ3n) is 2.38. The minimum Gasteiger partial charge on any atom is -0.325 e. The lowest BCUT2D eigenvalue weighted by Gasteiger charge is -2.01. The van der Waals surface area contributed by atoms with Crippen molar-refractivity contribution in [2.75, 3.05) is 0 Å². The molecule has 0 spiro atoms. The van der Waals surface area contributed by atoms with Crippen molar-refractivity contribution < 1.29 is 0 Å². The Labute approximate surface area is 89.2 Å². The summed E-state index contributed by atoms with van der Waals surface area (Å²) in [7, 11) is 0. The van der Waals surface area contributed by atoms with Crippen LogP contribution >= 0.6 is 0 Å². The van der Waals surface area contributed by atoms with Gasteiger partial charge >= 0.3 is 0 Å². The van der Waals surface area contributed by atoms with Crippen LogP contribution in [0.25, 0.3) is 11.3 Å². The molecule has 4 nitrogen and oxygen atoms in total. The number of nitrogens with one attached hydrogen (secondary N) is 1. The van der Waals surface area contributed by atoms with Crippen LogP contribution in [0, 0.1) is 5.92 Å². The van der Waals surface area contributed by atoms with Crippen LogP contribution in [0.2, 0.25) is 0 Å². The molecule has 1 N–H and O–H groups in total. The number of aromatic amines is 1. The van der Waals surface area contributed by atoms with Gasteiger partial charge in [-0.3, -0.25) is 0 Å². The van der Waals surface area contributed by atoms with E-state index in [-0.39, 0.29) is 0 Å². The molecule has 4 heteroatoms. The highest BCUT2D eigenvalue weighted by molar-refractivity contribution is 5.64. The number of imidazole rings is 1. The SMILES string of the molecule is CC(C)CCCc1nc2nccnc2[nH]1. The molecule has 80 valence electrons. The molecule has 2 rings (SSSR count). The Balaban J connectivity index is 2.03. The van der Waals surface area contributed by atoms with Crippen molar-refractivity contribution in [2.45, 2.75) is 33.1 Å². The van der Waals surface area contributed by atoms with Crippen molar-refractivity contribution in [3.05, 3.63) is 18.2 Å². The number of aryl methyl sites for hydroxylation is 1. The van der Waals surface area contributed by atoms with Gasteiger partial charge in [0.15, 0.2) is 11.3 Å². The summed E-state index contributed by atoms with van der Waals surface area (Å²) in [5.74, 6) is 1.75. The fourth-order valence-electron chi connectivity index (χ4n) is 1.59. The molecular formula is C11H16N4. The van der Waals surface area contributed by atoms with Gasteiger partial charge in [0.25, 0.3) is 0 Å². The predicted molar refractivity (Wildman–Crippen MR) is 59.5 cm³/mol. The number of aromatic nitrogens is 4. The average molecular weight is 204 g/mol. The van der Waals surface area contributed by atoms with E-state index in [4.69, 9.17) is 0 Å². The van der Waals surface area contributed by atoms with E-state index in [0.29, 0.717) is 0 Å². The highest BCUT2D eigenvalue weighted by Crippen LogP contribution is 2.10. The minimum atomic E-state index is 0.719. The molecule has 0 bridgehead atoms. The van der Waals surface area contributed by atoms with Crippen molar-refractivity contribution in [3.8, 4) is 0 Å². The fourth-order valence-corrected chi connectivity index (χ4v) is 1.59. The summed E-state index contributed by atoms with van der Waals surface area (Å²) in [4.78, 5) is 15.9. The first-order chi connectivity index (χ1) is 7.25. The summed E-state index contributed by atoms with van der Waals surface area (Å²) >= 11 is 0. The van der Waals surface area contributed by atoms with E-state index in [1.165, 1.54) is 6.42 Å². The molecular weight excluding hydrogens is 188 g/mol. The number of H-pyrrole nitrogens is 1. The third kappa shape index (κ3) is 2.52. The summed E-state index contributed by atoms with van der Waals surface area (Å²) < 4.78 is 0. The zero-order valence-corrected chi connectivity index (χ0v) is 9.20. The van der Waals surface area contributed by atoms with Gasteiger partial charge in [-0.1, -0.05) is 20.3 Å². The fraction of sp³-hybridized carbons (Fsp3) is 0.545. The second-order valence-electron chi connectivity index (χ2n) is 4.20. The summed E-state index contributed by atoms with van der Waals surface area (Å²) in [6.07, 6.45) is 6.73. The zero-order chi connectivity index (χ0) is 10.7. The van der Waals surface area contributed by atoms with Gasteiger partial charge in [-0.15, -0.1) is 0 Å². The van der Waals surface area contributed by atoms with E-state index < -0.39 is 0 Å². The average Bonchev–Trinajstić information content (AvgIpc) is 2.59. The Morgan fingerprint density at radius 3 is 2.80 bits per heavy atom. The standard InChI is InChI=1S/C11H16N4/c1-8(2)4-3-5-9-14-10-11(15-9)13-7-6-12-10/h6-8H,3-5H2,1-2H3,(H,12,13,14,15). The Bertz CT molecular complexity index is 400. The number of hydrogen-bond donors (Lipinski definition) is 1. The molecule has 0 aliphatic carbocycles. The van der Waals surface area contributed by atoms with Crippen molar-refractivity contribution in [1.82, 2.24) is 19.9 Å². The maximum atomic E-state index is 4.38. The topological polar surface area (TPSA) is 54.5 Å². The molecule has 0 aliphatic rings. The largest absolute Gasteiger partial charge is 0.325 e. The van der Waals surface area contributed by atoms with Crippen LogP contribution in [-0.2, 0) is 6.42 Å². The Hall–Kier alpha value is -1.45. The van der Waals surface area contributed by atoms with Crippen molar-refractivity contribution in [1.29, 1.82) is 0 Å². The summed E-state index contributed by atoms with van der Waals surface area (Å²) in [5.41, 5.74) is 1.51. The third-order valence-corrected chi connectivity index (χ3v) is 2.38. The van der Waals surface area contributed by atoms with E-state index in [2.05, 4.69) is 33.8 Å². The van der Waals surface area contributed by atoms with Crippen molar-refractivity contribution in [2.24, 2.45) is 5.92 Å². The van der Waals surface area contributed by atoms with Crippen LogP contribution in [0.15, 0.2) is 12.4 Å². The van der Waals surface area contributed by atoms with Gasteiger partial charge in [-0.2, -0.15) is 0 Å². The first-order valence-electron chi connectivity index (χ1n) is 5.41. The van der Waals surface area contributed by atoms with Gasteiger partial charge in [0.05, 0.1) is 0 Å².